The number of aromatic amines is 2. The normalized spacial score (nSPS) is 10.9. The fourth-order valence-electron chi connectivity index (χ4n) is 2.96. The van der Waals surface area contributed by atoms with E-state index in [0.717, 1.165) is 34.8 Å². The van der Waals surface area contributed by atoms with Gasteiger partial charge in [0.05, 0.1) is 5.69 Å². The van der Waals surface area contributed by atoms with Crippen LogP contribution >= 0.6 is 0 Å². The molecular weight excluding hydrogens is 300 g/mol. The molecule has 0 amide bonds. The molecule has 0 atom stereocenters. The van der Waals surface area contributed by atoms with E-state index >= 15 is 0 Å². The zero-order chi connectivity index (χ0) is 16.9. The zero-order valence-electron chi connectivity index (χ0n) is 14.1. The molecule has 0 spiro atoms. The van der Waals surface area contributed by atoms with E-state index in [-0.39, 0.29) is 5.78 Å². The summed E-state index contributed by atoms with van der Waals surface area (Å²) in [5.41, 5.74) is 6.23. The summed E-state index contributed by atoms with van der Waals surface area (Å²) >= 11 is 0. The predicted octanol–water partition coefficient (Wildman–Crippen LogP) is 3.42. The number of hydrogen-bond acceptors (Lipinski definition) is 3. The van der Waals surface area contributed by atoms with Gasteiger partial charge in [0.1, 0.15) is 5.78 Å². The number of Topliss-reactive ketones (excluding diaryl/α,β-unsaturated/α-hetero) is 1. The lowest BCUT2D eigenvalue weighted by atomic mass is 10.0. The van der Waals surface area contributed by atoms with E-state index in [4.69, 9.17) is 0 Å². The Morgan fingerprint density at radius 2 is 2.12 bits per heavy atom. The molecule has 0 radical (unpaired) electrons. The molecule has 3 aromatic rings. The summed E-state index contributed by atoms with van der Waals surface area (Å²) in [4.78, 5) is 19.6. The van der Waals surface area contributed by atoms with Gasteiger partial charge >= 0.3 is 0 Å². The van der Waals surface area contributed by atoms with Crippen molar-refractivity contribution in [2.45, 2.75) is 39.5 Å². The number of hydrogen-bond donors (Lipinski definition) is 2. The second-order valence-corrected chi connectivity index (χ2v) is 6.01. The first-order valence-electron chi connectivity index (χ1n) is 8.30. The van der Waals surface area contributed by atoms with Crippen LogP contribution in [-0.4, -0.2) is 25.9 Å². The number of nitrogens with zero attached hydrogens (tertiary/aromatic N) is 2. The van der Waals surface area contributed by atoms with Crippen LogP contribution in [0.25, 0.3) is 11.3 Å². The van der Waals surface area contributed by atoms with Gasteiger partial charge in [-0.05, 0) is 44.0 Å². The summed E-state index contributed by atoms with van der Waals surface area (Å²) < 4.78 is 0. The maximum atomic E-state index is 12.2. The Labute approximate surface area is 141 Å². The molecule has 0 aliphatic rings. The third kappa shape index (κ3) is 3.62. The Morgan fingerprint density at radius 1 is 1.25 bits per heavy atom. The highest BCUT2D eigenvalue weighted by molar-refractivity contribution is 5.80. The van der Waals surface area contributed by atoms with E-state index in [0.29, 0.717) is 19.3 Å². The van der Waals surface area contributed by atoms with Crippen molar-refractivity contribution in [1.82, 2.24) is 20.2 Å². The lowest BCUT2D eigenvalue weighted by Gasteiger charge is -2.03. The molecule has 124 valence electrons. The van der Waals surface area contributed by atoms with Gasteiger partial charge in [-0.3, -0.25) is 14.9 Å². The molecule has 0 saturated heterocycles. The lowest BCUT2D eigenvalue weighted by Crippen LogP contribution is -2.06. The molecule has 0 aromatic carbocycles. The fraction of sp³-hybridized carbons (Fsp3) is 0.316. The highest BCUT2D eigenvalue weighted by Gasteiger charge is 2.14. The molecule has 0 bridgehead atoms. The summed E-state index contributed by atoms with van der Waals surface area (Å²) in [5, 5.41) is 7.55. The van der Waals surface area contributed by atoms with Crippen molar-refractivity contribution in [3.63, 3.8) is 0 Å². The quantitative estimate of drug-likeness (QED) is 0.700. The van der Waals surface area contributed by atoms with Gasteiger partial charge in [-0.1, -0.05) is 6.92 Å². The highest BCUT2D eigenvalue weighted by atomic mass is 16.1. The maximum Gasteiger partial charge on any atom is 0.139 e. The SMILES string of the molecule is CCc1c(-c2cccnc2)n[nH]c1CCC(=O)Cc1ccc(C)[nH]1. The third-order valence-corrected chi connectivity index (χ3v) is 4.18. The molecule has 3 aromatic heterocycles. The number of pyridine rings is 1. The van der Waals surface area contributed by atoms with E-state index in [1.165, 1.54) is 5.56 Å². The van der Waals surface area contributed by atoms with Crippen molar-refractivity contribution in [2.24, 2.45) is 0 Å². The predicted molar refractivity (Wildman–Crippen MR) is 93.8 cm³/mol. The van der Waals surface area contributed by atoms with Crippen molar-refractivity contribution in [3.8, 4) is 11.3 Å². The van der Waals surface area contributed by atoms with E-state index in [1.54, 1.807) is 6.20 Å². The van der Waals surface area contributed by atoms with Crippen LogP contribution in [0.2, 0.25) is 0 Å². The number of rotatable bonds is 7. The first-order valence-corrected chi connectivity index (χ1v) is 8.30. The van der Waals surface area contributed by atoms with Crippen molar-refractivity contribution >= 4 is 5.78 Å². The molecule has 0 aliphatic heterocycles. The maximum absolute atomic E-state index is 12.2. The Morgan fingerprint density at radius 3 is 2.79 bits per heavy atom. The van der Waals surface area contributed by atoms with Gasteiger partial charge in [-0.2, -0.15) is 5.10 Å². The minimum absolute atomic E-state index is 0.233. The van der Waals surface area contributed by atoms with Gasteiger partial charge in [-0.25, -0.2) is 0 Å². The molecule has 0 fully saturated rings. The number of carbonyl (C=O) groups excluding carboxylic acids is 1. The van der Waals surface area contributed by atoms with Crippen LogP contribution in [0.5, 0.6) is 0 Å². The number of aromatic nitrogens is 4. The first-order chi connectivity index (χ1) is 11.7. The molecule has 5 nitrogen and oxygen atoms in total. The van der Waals surface area contributed by atoms with Crippen LogP contribution < -0.4 is 0 Å². The fourth-order valence-corrected chi connectivity index (χ4v) is 2.96. The average Bonchev–Trinajstić information content (AvgIpc) is 3.19. The Bertz CT molecular complexity index is 817. The summed E-state index contributed by atoms with van der Waals surface area (Å²) in [7, 11) is 0. The van der Waals surface area contributed by atoms with Gasteiger partial charge in [-0.15, -0.1) is 0 Å². The Balaban J connectivity index is 1.67. The standard InChI is InChI=1S/C19H22N4O/c1-3-17-18(22-23-19(17)14-5-4-10-20-12-14)9-8-16(24)11-15-7-6-13(2)21-15/h4-7,10,12,21H,3,8-9,11H2,1-2H3,(H,22,23). The molecular formula is C19H22N4O. The van der Waals surface area contributed by atoms with Gasteiger partial charge < -0.3 is 4.98 Å². The molecule has 5 heteroatoms. The summed E-state index contributed by atoms with van der Waals surface area (Å²) in [6.07, 6.45) is 6.11. The molecule has 3 rings (SSSR count). The number of carbonyl (C=O) groups is 1. The number of H-pyrrole nitrogens is 2. The van der Waals surface area contributed by atoms with Gasteiger partial charge in [0.2, 0.25) is 0 Å². The Hall–Kier alpha value is -2.69. The van der Waals surface area contributed by atoms with Crippen LogP contribution in [0.3, 0.4) is 0 Å². The van der Waals surface area contributed by atoms with Gasteiger partial charge in [0, 0.05) is 53.4 Å². The lowest BCUT2D eigenvalue weighted by molar-refractivity contribution is -0.118. The van der Waals surface area contributed by atoms with Crippen LogP contribution in [0, 0.1) is 6.92 Å². The first kappa shape index (κ1) is 16.2. The largest absolute Gasteiger partial charge is 0.362 e. The minimum atomic E-state index is 0.233. The monoisotopic (exact) mass is 322 g/mol. The molecule has 24 heavy (non-hydrogen) atoms. The van der Waals surface area contributed by atoms with E-state index in [1.807, 2.05) is 37.4 Å². The summed E-state index contributed by atoms with van der Waals surface area (Å²) in [5.74, 6) is 0.233. The van der Waals surface area contributed by atoms with Crippen molar-refractivity contribution < 1.29 is 4.79 Å². The smallest absolute Gasteiger partial charge is 0.139 e. The van der Waals surface area contributed by atoms with Crippen LogP contribution in [0.15, 0.2) is 36.7 Å². The average molecular weight is 322 g/mol. The highest BCUT2D eigenvalue weighted by Crippen LogP contribution is 2.24. The molecule has 3 heterocycles. The summed E-state index contributed by atoms with van der Waals surface area (Å²) in [6, 6.07) is 7.88. The van der Waals surface area contributed by atoms with Gasteiger partial charge in [0.25, 0.3) is 0 Å². The molecule has 0 unspecified atom stereocenters. The topological polar surface area (TPSA) is 74.4 Å². The third-order valence-electron chi connectivity index (χ3n) is 4.18. The Kier molecular flexibility index (Phi) is 4.89. The number of nitrogens with one attached hydrogen (secondary N) is 2. The number of ketones is 1. The van der Waals surface area contributed by atoms with Gasteiger partial charge in [0.15, 0.2) is 0 Å². The molecule has 0 saturated carbocycles. The zero-order valence-corrected chi connectivity index (χ0v) is 14.1. The molecule has 2 N–H and O–H groups in total. The minimum Gasteiger partial charge on any atom is -0.362 e. The molecule has 0 aliphatic carbocycles. The second kappa shape index (κ2) is 7.25. The van der Waals surface area contributed by atoms with Crippen molar-refractivity contribution in [2.75, 3.05) is 0 Å². The number of aryl methyl sites for hydroxylation is 2. The van der Waals surface area contributed by atoms with E-state index in [2.05, 4.69) is 27.1 Å². The second-order valence-electron chi connectivity index (χ2n) is 6.01. The van der Waals surface area contributed by atoms with E-state index < -0.39 is 0 Å². The summed E-state index contributed by atoms with van der Waals surface area (Å²) in [6.45, 7) is 4.10. The van der Waals surface area contributed by atoms with Crippen molar-refractivity contribution in [1.29, 1.82) is 0 Å². The van der Waals surface area contributed by atoms with Crippen LogP contribution in [0.1, 0.15) is 36.0 Å². The van der Waals surface area contributed by atoms with Crippen LogP contribution in [0.4, 0.5) is 0 Å². The van der Waals surface area contributed by atoms with E-state index in [9.17, 15) is 4.79 Å². The van der Waals surface area contributed by atoms with Crippen LogP contribution in [-0.2, 0) is 24.1 Å². The van der Waals surface area contributed by atoms with Crippen molar-refractivity contribution in [3.05, 3.63) is 59.3 Å².